The van der Waals surface area contributed by atoms with Gasteiger partial charge in [-0.25, -0.2) is 4.79 Å². The SMILES string of the molecule is CCOC(=O)C(N)(CN(C)c1ccc(C)cc1C)C1CC1. The van der Waals surface area contributed by atoms with Crippen LogP contribution in [0, 0.1) is 19.8 Å². The van der Waals surface area contributed by atoms with Gasteiger partial charge in [-0.15, -0.1) is 0 Å². The number of likely N-dealkylation sites (N-methyl/N-ethyl adjacent to an activating group) is 1. The molecule has 2 N–H and O–H groups in total. The van der Waals surface area contributed by atoms with E-state index in [0.29, 0.717) is 13.2 Å². The van der Waals surface area contributed by atoms with E-state index in [1.165, 1.54) is 11.1 Å². The quantitative estimate of drug-likeness (QED) is 0.817. The van der Waals surface area contributed by atoms with Crippen LogP contribution in [0.15, 0.2) is 18.2 Å². The zero-order chi connectivity index (χ0) is 15.6. The maximum absolute atomic E-state index is 12.3. The summed E-state index contributed by atoms with van der Waals surface area (Å²) in [7, 11) is 1.99. The molecule has 0 saturated heterocycles. The predicted octanol–water partition coefficient (Wildman–Crippen LogP) is 2.41. The molecule has 0 bridgehead atoms. The lowest BCUT2D eigenvalue weighted by Crippen LogP contribution is -2.58. The lowest BCUT2D eigenvalue weighted by molar-refractivity contribution is -0.150. The summed E-state index contributed by atoms with van der Waals surface area (Å²) in [6.45, 7) is 6.84. The Labute approximate surface area is 127 Å². The highest BCUT2D eigenvalue weighted by atomic mass is 16.5. The van der Waals surface area contributed by atoms with E-state index in [0.717, 1.165) is 18.5 Å². The monoisotopic (exact) mass is 290 g/mol. The number of nitrogens with zero attached hydrogens (tertiary/aromatic N) is 1. The predicted molar refractivity (Wildman–Crippen MR) is 85.5 cm³/mol. The van der Waals surface area contributed by atoms with Crippen molar-refractivity contribution in [2.75, 3.05) is 25.1 Å². The molecule has 1 aromatic rings. The number of aryl methyl sites for hydroxylation is 2. The molecule has 0 aromatic heterocycles. The van der Waals surface area contributed by atoms with Crippen molar-refractivity contribution in [3.8, 4) is 0 Å². The third-order valence-corrected chi connectivity index (χ3v) is 4.22. The van der Waals surface area contributed by atoms with Gasteiger partial charge in [0.2, 0.25) is 0 Å². The zero-order valence-corrected chi connectivity index (χ0v) is 13.5. The maximum atomic E-state index is 12.3. The zero-order valence-electron chi connectivity index (χ0n) is 13.5. The Kier molecular flexibility index (Phi) is 4.57. The van der Waals surface area contributed by atoms with Gasteiger partial charge in [0.1, 0.15) is 5.54 Å². The molecule has 1 aromatic carbocycles. The second-order valence-electron chi connectivity index (χ2n) is 6.18. The van der Waals surface area contributed by atoms with E-state index in [-0.39, 0.29) is 11.9 Å². The first-order chi connectivity index (χ1) is 9.88. The second kappa shape index (κ2) is 6.06. The molecule has 1 unspecified atom stereocenters. The fourth-order valence-corrected chi connectivity index (χ4v) is 2.94. The van der Waals surface area contributed by atoms with E-state index in [2.05, 4.69) is 36.9 Å². The van der Waals surface area contributed by atoms with Gasteiger partial charge in [0.25, 0.3) is 0 Å². The highest BCUT2D eigenvalue weighted by molar-refractivity contribution is 5.82. The van der Waals surface area contributed by atoms with Crippen molar-refractivity contribution in [2.24, 2.45) is 11.7 Å². The molecule has 0 radical (unpaired) electrons. The van der Waals surface area contributed by atoms with E-state index in [4.69, 9.17) is 10.5 Å². The Morgan fingerprint density at radius 1 is 1.43 bits per heavy atom. The number of ether oxygens (including phenoxy) is 1. The Hall–Kier alpha value is -1.55. The third kappa shape index (κ3) is 3.38. The van der Waals surface area contributed by atoms with Crippen molar-refractivity contribution >= 4 is 11.7 Å². The van der Waals surface area contributed by atoms with Gasteiger partial charge in [-0.05, 0) is 51.2 Å². The Bertz CT molecular complexity index is 526. The summed E-state index contributed by atoms with van der Waals surface area (Å²) >= 11 is 0. The first-order valence-corrected chi connectivity index (χ1v) is 7.63. The summed E-state index contributed by atoms with van der Waals surface area (Å²) in [6.07, 6.45) is 2.02. The van der Waals surface area contributed by atoms with Crippen LogP contribution < -0.4 is 10.6 Å². The summed E-state index contributed by atoms with van der Waals surface area (Å²) < 4.78 is 5.20. The van der Waals surface area contributed by atoms with E-state index in [1.807, 2.05) is 14.0 Å². The molecule has 1 atom stereocenters. The molecule has 4 nitrogen and oxygen atoms in total. The number of hydrogen-bond donors (Lipinski definition) is 1. The number of rotatable bonds is 6. The third-order valence-electron chi connectivity index (χ3n) is 4.22. The minimum absolute atomic E-state index is 0.241. The van der Waals surface area contributed by atoms with Gasteiger partial charge < -0.3 is 15.4 Å². The van der Waals surface area contributed by atoms with Crippen molar-refractivity contribution < 1.29 is 9.53 Å². The maximum Gasteiger partial charge on any atom is 0.328 e. The normalized spacial score (nSPS) is 17.2. The topological polar surface area (TPSA) is 55.6 Å². The summed E-state index contributed by atoms with van der Waals surface area (Å²) in [4.78, 5) is 14.4. The smallest absolute Gasteiger partial charge is 0.328 e. The number of carbonyl (C=O) groups is 1. The van der Waals surface area contributed by atoms with Gasteiger partial charge in [0.15, 0.2) is 0 Å². The van der Waals surface area contributed by atoms with Crippen LogP contribution in [0.1, 0.15) is 30.9 Å². The lowest BCUT2D eigenvalue weighted by Gasteiger charge is -2.33. The average molecular weight is 290 g/mol. The van der Waals surface area contributed by atoms with Crippen LogP contribution in [0.5, 0.6) is 0 Å². The van der Waals surface area contributed by atoms with Gasteiger partial charge >= 0.3 is 5.97 Å². The molecule has 116 valence electrons. The van der Waals surface area contributed by atoms with Gasteiger partial charge in [0, 0.05) is 19.3 Å². The van der Waals surface area contributed by atoms with Crippen LogP contribution in [0.2, 0.25) is 0 Å². The largest absolute Gasteiger partial charge is 0.465 e. The molecule has 0 heterocycles. The van der Waals surface area contributed by atoms with Crippen molar-refractivity contribution in [1.29, 1.82) is 0 Å². The molecular formula is C17H26N2O2. The van der Waals surface area contributed by atoms with E-state index in [1.54, 1.807) is 0 Å². The number of hydrogen-bond acceptors (Lipinski definition) is 4. The standard InChI is InChI=1S/C17H26N2O2/c1-5-21-16(20)17(18,14-7-8-14)11-19(4)15-9-6-12(2)10-13(15)3/h6,9-10,14H,5,7-8,11,18H2,1-4H3. The molecule has 1 fully saturated rings. The highest BCUT2D eigenvalue weighted by Crippen LogP contribution is 2.40. The van der Waals surface area contributed by atoms with Crippen LogP contribution >= 0.6 is 0 Å². The summed E-state index contributed by atoms with van der Waals surface area (Å²) in [5.41, 5.74) is 9.07. The highest BCUT2D eigenvalue weighted by Gasteiger charge is 2.49. The molecule has 1 aliphatic rings. The van der Waals surface area contributed by atoms with Gasteiger partial charge in [0.05, 0.1) is 6.61 Å². The first kappa shape index (κ1) is 15.8. The van der Waals surface area contributed by atoms with Crippen molar-refractivity contribution in [3.63, 3.8) is 0 Å². The van der Waals surface area contributed by atoms with E-state index < -0.39 is 5.54 Å². The number of esters is 1. The van der Waals surface area contributed by atoms with Crippen molar-refractivity contribution in [3.05, 3.63) is 29.3 Å². The number of benzene rings is 1. The first-order valence-electron chi connectivity index (χ1n) is 7.63. The van der Waals surface area contributed by atoms with Crippen LogP contribution in [0.25, 0.3) is 0 Å². The van der Waals surface area contributed by atoms with Crippen LogP contribution in [0.4, 0.5) is 5.69 Å². The number of carbonyl (C=O) groups excluding carboxylic acids is 1. The van der Waals surface area contributed by atoms with Crippen molar-refractivity contribution in [1.82, 2.24) is 0 Å². The molecule has 1 saturated carbocycles. The Balaban J connectivity index is 2.18. The van der Waals surface area contributed by atoms with Crippen LogP contribution in [0.3, 0.4) is 0 Å². The molecular weight excluding hydrogens is 264 g/mol. The van der Waals surface area contributed by atoms with E-state index >= 15 is 0 Å². The van der Waals surface area contributed by atoms with Crippen molar-refractivity contribution in [2.45, 2.75) is 39.2 Å². The van der Waals surface area contributed by atoms with Gasteiger partial charge in [-0.2, -0.15) is 0 Å². The second-order valence-corrected chi connectivity index (χ2v) is 6.18. The molecule has 2 rings (SSSR count). The fraction of sp³-hybridized carbons (Fsp3) is 0.588. The summed E-state index contributed by atoms with van der Waals surface area (Å²) in [5, 5.41) is 0. The molecule has 1 aliphatic carbocycles. The molecule has 0 amide bonds. The molecule has 4 heteroatoms. The lowest BCUT2D eigenvalue weighted by atomic mass is 9.93. The Morgan fingerprint density at radius 2 is 2.10 bits per heavy atom. The molecule has 0 aliphatic heterocycles. The number of anilines is 1. The Morgan fingerprint density at radius 3 is 2.62 bits per heavy atom. The summed E-state index contributed by atoms with van der Waals surface area (Å²) in [5.74, 6) is -0.0335. The van der Waals surface area contributed by atoms with Crippen LogP contribution in [-0.4, -0.2) is 31.7 Å². The van der Waals surface area contributed by atoms with Gasteiger partial charge in [-0.1, -0.05) is 17.7 Å². The fourth-order valence-electron chi connectivity index (χ4n) is 2.94. The van der Waals surface area contributed by atoms with Gasteiger partial charge in [-0.3, -0.25) is 0 Å². The van der Waals surface area contributed by atoms with E-state index in [9.17, 15) is 4.79 Å². The summed E-state index contributed by atoms with van der Waals surface area (Å²) in [6, 6.07) is 6.31. The average Bonchev–Trinajstić information content (AvgIpc) is 3.23. The molecule has 21 heavy (non-hydrogen) atoms. The minimum atomic E-state index is -0.901. The molecule has 0 spiro atoms. The van der Waals surface area contributed by atoms with Crippen LogP contribution in [-0.2, 0) is 9.53 Å². The number of nitrogens with two attached hydrogens (primary N) is 1. The minimum Gasteiger partial charge on any atom is -0.465 e.